The molecule has 0 spiro atoms. The molecule has 0 radical (unpaired) electrons. The smallest absolute Gasteiger partial charge is 0.337 e. The lowest BCUT2D eigenvalue weighted by Crippen LogP contribution is -2.03. The topological polar surface area (TPSA) is 101 Å². The van der Waals surface area contributed by atoms with Crippen LogP contribution >= 0.6 is 0 Å². The van der Waals surface area contributed by atoms with Gasteiger partial charge in [-0.25, -0.2) is 14.8 Å². The highest BCUT2D eigenvalue weighted by Crippen LogP contribution is 2.20. The fourth-order valence-corrected chi connectivity index (χ4v) is 1.37. The highest BCUT2D eigenvalue weighted by atomic mass is 16.4. The molecule has 0 atom stereocenters. The number of anilines is 3. The Labute approximate surface area is 97.1 Å². The summed E-state index contributed by atoms with van der Waals surface area (Å²) in [4.78, 5) is 18.5. The summed E-state index contributed by atoms with van der Waals surface area (Å²) in [6.45, 7) is 0. The number of carboxylic acid groups (broad SMARTS) is 1. The number of benzene rings is 1. The molecule has 0 saturated carbocycles. The van der Waals surface area contributed by atoms with Crippen molar-refractivity contribution >= 4 is 23.0 Å². The number of nitrogen functional groups attached to an aromatic ring is 1. The van der Waals surface area contributed by atoms with E-state index in [9.17, 15) is 4.79 Å². The molecule has 2 aromatic rings. The average Bonchev–Trinajstić information content (AvgIpc) is 2.30. The summed E-state index contributed by atoms with van der Waals surface area (Å²) in [5, 5.41) is 11.8. The van der Waals surface area contributed by atoms with E-state index in [-0.39, 0.29) is 11.3 Å². The van der Waals surface area contributed by atoms with Gasteiger partial charge < -0.3 is 16.2 Å². The summed E-state index contributed by atoms with van der Waals surface area (Å²) in [6, 6.07) is 4.63. The molecule has 4 N–H and O–H groups in total. The van der Waals surface area contributed by atoms with E-state index in [0.717, 1.165) is 0 Å². The van der Waals surface area contributed by atoms with Crippen LogP contribution in [0.3, 0.4) is 0 Å². The van der Waals surface area contributed by atoms with Gasteiger partial charge in [-0.15, -0.1) is 0 Å². The normalized spacial score (nSPS) is 9.88. The highest BCUT2D eigenvalue weighted by molar-refractivity contribution is 5.94. The van der Waals surface area contributed by atoms with Crippen LogP contribution in [0, 0.1) is 0 Å². The molecule has 0 bridgehead atoms. The van der Waals surface area contributed by atoms with Crippen molar-refractivity contribution in [1.82, 2.24) is 9.97 Å². The zero-order valence-corrected chi connectivity index (χ0v) is 8.79. The van der Waals surface area contributed by atoms with E-state index in [2.05, 4.69) is 15.3 Å². The molecule has 0 aliphatic rings. The number of hydrogen-bond donors (Lipinski definition) is 3. The Morgan fingerprint density at radius 3 is 2.53 bits per heavy atom. The third kappa shape index (κ3) is 2.49. The molecule has 1 aromatic heterocycles. The minimum Gasteiger partial charge on any atom is -0.478 e. The lowest BCUT2D eigenvalue weighted by molar-refractivity contribution is 0.0698. The van der Waals surface area contributed by atoms with Crippen LogP contribution in [-0.4, -0.2) is 21.0 Å². The van der Waals surface area contributed by atoms with Crippen LogP contribution in [0.25, 0.3) is 0 Å². The van der Waals surface area contributed by atoms with E-state index in [1.165, 1.54) is 12.4 Å². The molecule has 0 amide bonds. The van der Waals surface area contributed by atoms with Crippen LogP contribution in [0.5, 0.6) is 0 Å². The summed E-state index contributed by atoms with van der Waals surface area (Å²) < 4.78 is 0. The van der Waals surface area contributed by atoms with Gasteiger partial charge in [0.1, 0.15) is 6.33 Å². The van der Waals surface area contributed by atoms with E-state index in [0.29, 0.717) is 11.4 Å². The maximum absolute atomic E-state index is 10.8. The minimum atomic E-state index is -1.04. The number of nitrogens with one attached hydrogen (secondary N) is 1. The molecule has 0 saturated heterocycles. The van der Waals surface area contributed by atoms with Gasteiger partial charge in [0.2, 0.25) is 0 Å². The summed E-state index contributed by atoms with van der Waals surface area (Å²) >= 11 is 0. The van der Waals surface area contributed by atoms with Crippen molar-refractivity contribution in [1.29, 1.82) is 0 Å². The molecule has 1 aromatic carbocycles. The monoisotopic (exact) mass is 230 g/mol. The summed E-state index contributed by atoms with van der Waals surface area (Å²) in [5.41, 5.74) is 7.30. The molecule has 6 nitrogen and oxygen atoms in total. The van der Waals surface area contributed by atoms with Gasteiger partial charge >= 0.3 is 5.97 Å². The number of nitrogens with zero attached hydrogens (tertiary/aromatic N) is 2. The van der Waals surface area contributed by atoms with Crippen LogP contribution < -0.4 is 11.1 Å². The minimum absolute atomic E-state index is 0.0832. The van der Waals surface area contributed by atoms with E-state index >= 15 is 0 Å². The quantitative estimate of drug-likeness (QED) is 0.691. The Balaban J connectivity index is 2.24. The Kier molecular flexibility index (Phi) is 2.87. The average molecular weight is 230 g/mol. The van der Waals surface area contributed by atoms with Crippen molar-refractivity contribution in [2.75, 3.05) is 11.1 Å². The predicted octanol–water partition coefficient (Wildman–Crippen LogP) is 1.50. The summed E-state index contributed by atoms with van der Waals surface area (Å²) in [6.07, 6.45) is 4.63. The van der Waals surface area contributed by atoms with Crippen LogP contribution in [0.1, 0.15) is 10.4 Å². The van der Waals surface area contributed by atoms with Crippen LogP contribution in [0.15, 0.2) is 36.9 Å². The van der Waals surface area contributed by atoms with Crippen molar-refractivity contribution < 1.29 is 9.90 Å². The third-order valence-electron chi connectivity index (χ3n) is 2.13. The molecule has 1 heterocycles. The van der Waals surface area contributed by atoms with Crippen LogP contribution in [0.2, 0.25) is 0 Å². The van der Waals surface area contributed by atoms with Gasteiger partial charge in [-0.1, -0.05) is 0 Å². The SMILES string of the molecule is Nc1cc(Nc2cncnc2)ccc1C(=O)O. The second-order valence-electron chi connectivity index (χ2n) is 3.36. The Hall–Kier alpha value is -2.63. The molecule has 6 heteroatoms. The number of aromatic nitrogens is 2. The van der Waals surface area contributed by atoms with Crippen molar-refractivity contribution in [2.24, 2.45) is 0 Å². The van der Waals surface area contributed by atoms with Crippen molar-refractivity contribution in [3.8, 4) is 0 Å². The number of nitrogens with two attached hydrogens (primary N) is 1. The first kappa shape index (κ1) is 10.9. The van der Waals surface area contributed by atoms with E-state index in [1.54, 1.807) is 24.5 Å². The molecular formula is C11H10N4O2. The second kappa shape index (κ2) is 4.48. The maximum Gasteiger partial charge on any atom is 0.337 e. The van der Waals surface area contributed by atoms with Gasteiger partial charge in [-0.3, -0.25) is 0 Å². The van der Waals surface area contributed by atoms with Crippen molar-refractivity contribution in [3.63, 3.8) is 0 Å². The van der Waals surface area contributed by atoms with Gasteiger partial charge in [0.05, 0.1) is 23.6 Å². The van der Waals surface area contributed by atoms with Gasteiger partial charge in [-0.05, 0) is 18.2 Å². The molecule has 2 rings (SSSR count). The molecular weight excluding hydrogens is 220 g/mol. The zero-order chi connectivity index (χ0) is 12.3. The van der Waals surface area contributed by atoms with Gasteiger partial charge in [0, 0.05) is 11.4 Å². The molecule has 0 aliphatic carbocycles. The third-order valence-corrected chi connectivity index (χ3v) is 2.13. The predicted molar refractivity (Wildman–Crippen MR) is 63.1 cm³/mol. The van der Waals surface area contributed by atoms with Gasteiger partial charge in [0.25, 0.3) is 0 Å². The van der Waals surface area contributed by atoms with Crippen molar-refractivity contribution in [3.05, 3.63) is 42.5 Å². The summed E-state index contributed by atoms with van der Waals surface area (Å²) in [5.74, 6) is -1.04. The first-order valence-electron chi connectivity index (χ1n) is 4.81. The second-order valence-corrected chi connectivity index (χ2v) is 3.36. The summed E-state index contributed by atoms with van der Waals surface area (Å²) in [7, 11) is 0. The Bertz CT molecular complexity index is 542. The first-order valence-corrected chi connectivity index (χ1v) is 4.81. The lowest BCUT2D eigenvalue weighted by Gasteiger charge is -2.07. The zero-order valence-electron chi connectivity index (χ0n) is 8.79. The first-order chi connectivity index (χ1) is 8.16. The molecule has 0 aliphatic heterocycles. The van der Waals surface area contributed by atoms with Crippen LogP contribution in [-0.2, 0) is 0 Å². The highest BCUT2D eigenvalue weighted by Gasteiger charge is 2.07. The largest absolute Gasteiger partial charge is 0.478 e. The Morgan fingerprint density at radius 1 is 1.24 bits per heavy atom. The van der Waals surface area contributed by atoms with Crippen molar-refractivity contribution in [2.45, 2.75) is 0 Å². The molecule has 0 unspecified atom stereocenters. The van der Waals surface area contributed by atoms with Gasteiger partial charge in [-0.2, -0.15) is 0 Å². The molecule has 86 valence electrons. The lowest BCUT2D eigenvalue weighted by atomic mass is 10.1. The number of hydrogen-bond acceptors (Lipinski definition) is 5. The number of aromatic carboxylic acids is 1. The molecule has 0 fully saturated rings. The van der Waals surface area contributed by atoms with E-state index in [1.807, 2.05) is 0 Å². The maximum atomic E-state index is 10.8. The fraction of sp³-hybridized carbons (Fsp3) is 0. The van der Waals surface area contributed by atoms with E-state index in [4.69, 9.17) is 10.8 Å². The van der Waals surface area contributed by atoms with E-state index < -0.39 is 5.97 Å². The fourth-order valence-electron chi connectivity index (χ4n) is 1.37. The number of carboxylic acids is 1. The standard InChI is InChI=1S/C11H10N4O2/c12-10-3-7(1-2-9(10)11(16)17)15-8-4-13-6-14-5-8/h1-6,15H,12H2,(H,16,17). The van der Waals surface area contributed by atoms with Gasteiger partial charge in [0.15, 0.2) is 0 Å². The Morgan fingerprint density at radius 2 is 1.94 bits per heavy atom. The number of carbonyl (C=O) groups is 1. The van der Waals surface area contributed by atoms with Crippen LogP contribution in [0.4, 0.5) is 17.1 Å². The molecule has 17 heavy (non-hydrogen) atoms. The number of rotatable bonds is 3.